The number of nitrogens with one attached hydrogen (secondary N) is 1. The van der Waals surface area contributed by atoms with Crippen molar-refractivity contribution < 1.29 is 14.4 Å². The first kappa shape index (κ1) is 13.1. The van der Waals surface area contributed by atoms with Crippen molar-refractivity contribution in [3.63, 3.8) is 0 Å². The van der Waals surface area contributed by atoms with Crippen LogP contribution in [0.2, 0.25) is 0 Å². The summed E-state index contributed by atoms with van der Waals surface area (Å²) >= 11 is 0. The first-order valence-electron chi connectivity index (χ1n) is 6.69. The molecule has 5 heteroatoms. The molecule has 18 heavy (non-hydrogen) atoms. The SMILES string of the molecule is CC(=O)CCCN1C(=O)NC2(CCCCC2)C1=O. The van der Waals surface area contributed by atoms with Gasteiger partial charge in [0.25, 0.3) is 5.91 Å². The van der Waals surface area contributed by atoms with Crippen LogP contribution in [0.4, 0.5) is 4.79 Å². The number of amides is 3. The summed E-state index contributed by atoms with van der Waals surface area (Å²) in [6.45, 7) is 1.88. The molecular formula is C13H20N2O3. The molecule has 2 rings (SSSR count). The number of carbonyl (C=O) groups excluding carboxylic acids is 3. The van der Waals surface area contributed by atoms with Crippen molar-refractivity contribution >= 4 is 17.7 Å². The van der Waals surface area contributed by atoms with Gasteiger partial charge in [0.2, 0.25) is 0 Å². The molecule has 0 unspecified atom stereocenters. The average molecular weight is 252 g/mol. The van der Waals surface area contributed by atoms with Crippen LogP contribution in [0.5, 0.6) is 0 Å². The molecule has 1 saturated carbocycles. The van der Waals surface area contributed by atoms with Crippen LogP contribution in [-0.4, -0.2) is 34.7 Å². The Labute approximate surface area is 107 Å². The van der Waals surface area contributed by atoms with Gasteiger partial charge in [-0.2, -0.15) is 0 Å². The first-order valence-corrected chi connectivity index (χ1v) is 6.69. The molecule has 1 aliphatic heterocycles. The fourth-order valence-electron chi connectivity index (χ4n) is 2.86. The molecule has 0 radical (unpaired) electrons. The van der Waals surface area contributed by atoms with Gasteiger partial charge >= 0.3 is 6.03 Å². The van der Waals surface area contributed by atoms with Gasteiger partial charge in [-0.25, -0.2) is 4.79 Å². The van der Waals surface area contributed by atoms with Crippen LogP contribution < -0.4 is 5.32 Å². The van der Waals surface area contributed by atoms with Crippen LogP contribution in [0.15, 0.2) is 0 Å². The highest BCUT2D eigenvalue weighted by Gasteiger charge is 2.50. The van der Waals surface area contributed by atoms with Gasteiger partial charge < -0.3 is 10.1 Å². The minimum absolute atomic E-state index is 0.0873. The lowest BCUT2D eigenvalue weighted by Gasteiger charge is -2.30. The van der Waals surface area contributed by atoms with Gasteiger partial charge in [-0.1, -0.05) is 19.3 Å². The van der Waals surface area contributed by atoms with Gasteiger partial charge in [0.05, 0.1) is 0 Å². The van der Waals surface area contributed by atoms with E-state index in [-0.39, 0.29) is 17.7 Å². The Hall–Kier alpha value is -1.39. The van der Waals surface area contributed by atoms with Crippen LogP contribution >= 0.6 is 0 Å². The van der Waals surface area contributed by atoms with Gasteiger partial charge in [0, 0.05) is 13.0 Å². The van der Waals surface area contributed by atoms with Crippen molar-refractivity contribution in [3.05, 3.63) is 0 Å². The van der Waals surface area contributed by atoms with Crippen LogP contribution in [-0.2, 0) is 9.59 Å². The van der Waals surface area contributed by atoms with E-state index >= 15 is 0 Å². The van der Waals surface area contributed by atoms with Crippen molar-refractivity contribution in [3.8, 4) is 0 Å². The molecule has 2 fully saturated rings. The highest BCUT2D eigenvalue weighted by molar-refractivity contribution is 6.07. The molecule has 5 nitrogen and oxygen atoms in total. The summed E-state index contributed by atoms with van der Waals surface area (Å²) in [5.41, 5.74) is -0.633. The average Bonchev–Trinajstić information content (AvgIpc) is 2.54. The van der Waals surface area contributed by atoms with Gasteiger partial charge in [0.1, 0.15) is 11.3 Å². The molecule has 1 heterocycles. The molecule has 0 aromatic heterocycles. The lowest BCUT2D eigenvalue weighted by molar-refractivity contribution is -0.132. The van der Waals surface area contributed by atoms with E-state index in [9.17, 15) is 14.4 Å². The molecule has 0 aromatic rings. The Morgan fingerprint density at radius 1 is 1.28 bits per heavy atom. The van der Waals surface area contributed by atoms with E-state index < -0.39 is 5.54 Å². The summed E-state index contributed by atoms with van der Waals surface area (Å²) < 4.78 is 0. The fourth-order valence-corrected chi connectivity index (χ4v) is 2.86. The van der Waals surface area contributed by atoms with Crippen LogP contribution in [0, 0.1) is 0 Å². The molecule has 1 aliphatic carbocycles. The van der Waals surface area contributed by atoms with Crippen LogP contribution in [0.1, 0.15) is 51.9 Å². The Morgan fingerprint density at radius 2 is 1.94 bits per heavy atom. The zero-order valence-electron chi connectivity index (χ0n) is 10.8. The number of ketones is 1. The molecule has 0 bridgehead atoms. The maximum atomic E-state index is 12.3. The van der Waals surface area contributed by atoms with Gasteiger partial charge in [-0.15, -0.1) is 0 Å². The fraction of sp³-hybridized carbons (Fsp3) is 0.769. The molecule has 1 spiro atoms. The van der Waals surface area contributed by atoms with Gasteiger partial charge in [-0.05, 0) is 26.2 Å². The van der Waals surface area contributed by atoms with E-state index in [1.807, 2.05) is 0 Å². The summed E-state index contributed by atoms with van der Waals surface area (Å²) in [7, 11) is 0. The van der Waals surface area contributed by atoms with E-state index in [1.165, 1.54) is 11.8 Å². The Morgan fingerprint density at radius 3 is 2.56 bits per heavy atom. The maximum Gasteiger partial charge on any atom is 0.325 e. The van der Waals surface area contributed by atoms with E-state index in [1.54, 1.807) is 0 Å². The zero-order valence-corrected chi connectivity index (χ0v) is 10.8. The quantitative estimate of drug-likeness (QED) is 0.773. The largest absolute Gasteiger partial charge is 0.325 e. The summed E-state index contributed by atoms with van der Waals surface area (Å²) in [5, 5.41) is 2.86. The standard InChI is InChI=1S/C13H20N2O3/c1-10(16)6-5-9-15-11(17)13(14-12(15)18)7-3-2-4-8-13/h2-9H2,1H3,(H,14,18). The third-order valence-electron chi connectivity index (χ3n) is 3.86. The molecule has 1 saturated heterocycles. The zero-order chi connectivity index (χ0) is 13.2. The second kappa shape index (κ2) is 5.08. The number of imide groups is 1. The molecule has 100 valence electrons. The molecular weight excluding hydrogens is 232 g/mol. The normalized spacial score (nSPS) is 22.4. The lowest BCUT2D eigenvalue weighted by Crippen LogP contribution is -2.48. The Kier molecular flexibility index (Phi) is 3.68. The summed E-state index contributed by atoms with van der Waals surface area (Å²) in [4.78, 5) is 36.3. The summed E-state index contributed by atoms with van der Waals surface area (Å²) in [6.07, 6.45) is 5.60. The second-order valence-electron chi connectivity index (χ2n) is 5.34. The van der Waals surface area contributed by atoms with Crippen molar-refractivity contribution in [2.24, 2.45) is 0 Å². The van der Waals surface area contributed by atoms with E-state index in [4.69, 9.17) is 0 Å². The Bertz CT molecular complexity index is 372. The van der Waals surface area contributed by atoms with Crippen molar-refractivity contribution in [1.29, 1.82) is 0 Å². The van der Waals surface area contributed by atoms with E-state index in [0.29, 0.717) is 19.4 Å². The van der Waals surface area contributed by atoms with Crippen LogP contribution in [0.3, 0.4) is 0 Å². The third kappa shape index (κ3) is 2.40. The summed E-state index contributed by atoms with van der Waals surface area (Å²) in [5.74, 6) is 0.00480. The number of rotatable bonds is 4. The Balaban J connectivity index is 1.98. The minimum Gasteiger partial charge on any atom is -0.323 e. The number of hydrogen-bond donors (Lipinski definition) is 1. The molecule has 0 aromatic carbocycles. The number of hydrogen-bond acceptors (Lipinski definition) is 3. The monoisotopic (exact) mass is 252 g/mol. The van der Waals surface area contributed by atoms with Crippen LogP contribution in [0.25, 0.3) is 0 Å². The molecule has 2 aliphatic rings. The van der Waals surface area contributed by atoms with Gasteiger partial charge in [-0.3, -0.25) is 9.69 Å². The summed E-state index contributed by atoms with van der Waals surface area (Å²) in [6, 6.07) is -0.287. The number of urea groups is 1. The predicted octanol–water partition coefficient (Wildman–Crippen LogP) is 1.61. The molecule has 0 atom stereocenters. The van der Waals surface area contributed by atoms with Crippen molar-refractivity contribution in [1.82, 2.24) is 10.2 Å². The first-order chi connectivity index (χ1) is 8.55. The van der Waals surface area contributed by atoms with Crippen molar-refractivity contribution in [2.75, 3.05) is 6.54 Å². The minimum atomic E-state index is -0.633. The van der Waals surface area contributed by atoms with E-state index in [0.717, 1.165) is 32.1 Å². The van der Waals surface area contributed by atoms with Gasteiger partial charge in [0.15, 0.2) is 0 Å². The highest BCUT2D eigenvalue weighted by atomic mass is 16.2. The lowest BCUT2D eigenvalue weighted by atomic mass is 9.82. The molecule has 1 N–H and O–H groups in total. The maximum absolute atomic E-state index is 12.3. The smallest absolute Gasteiger partial charge is 0.323 e. The number of nitrogens with zero attached hydrogens (tertiary/aromatic N) is 1. The van der Waals surface area contributed by atoms with E-state index in [2.05, 4.69) is 5.32 Å². The second-order valence-corrected chi connectivity index (χ2v) is 5.34. The van der Waals surface area contributed by atoms with Crippen molar-refractivity contribution in [2.45, 2.75) is 57.4 Å². The topological polar surface area (TPSA) is 66.5 Å². The highest BCUT2D eigenvalue weighted by Crippen LogP contribution is 2.33. The molecule has 3 amide bonds. The third-order valence-corrected chi connectivity index (χ3v) is 3.86. The predicted molar refractivity (Wildman–Crippen MR) is 66.0 cm³/mol. The number of carbonyl (C=O) groups is 3. The number of Topliss-reactive ketones (excluding diaryl/α,β-unsaturated/α-hetero) is 1.